The molecule has 0 fully saturated rings. The third-order valence-corrected chi connectivity index (χ3v) is 3.99. The summed E-state index contributed by atoms with van der Waals surface area (Å²) >= 11 is 0. The molecule has 0 aromatic heterocycles. The van der Waals surface area contributed by atoms with Crippen molar-refractivity contribution < 1.29 is 14.3 Å². The highest BCUT2D eigenvalue weighted by atomic mass is 16.5. The lowest BCUT2D eigenvalue weighted by Gasteiger charge is -2.10. The van der Waals surface area contributed by atoms with Gasteiger partial charge in [-0.2, -0.15) is 0 Å². The van der Waals surface area contributed by atoms with E-state index in [1.165, 1.54) is 5.56 Å². The first kappa shape index (κ1) is 20.5. The van der Waals surface area contributed by atoms with E-state index < -0.39 is 11.8 Å². The maximum Gasteiger partial charge on any atom is 0.313 e. The van der Waals surface area contributed by atoms with Crippen LogP contribution in [0.15, 0.2) is 48.5 Å². The Balaban J connectivity index is 1.80. The van der Waals surface area contributed by atoms with Crippen molar-refractivity contribution in [1.29, 1.82) is 0 Å². The molecule has 0 radical (unpaired) electrons. The number of benzene rings is 2. The van der Waals surface area contributed by atoms with Crippen molar-refractivity contribution in [3.63, 3.8) is 0 Å². The van der Waals surface area contributed by atoms with Crippen molar-refractivity contribution in [2.45, 2.75) is 52.7 Å². The van der Waals surface area contributed by atoms with Gasteiger partial charge in [0.1, 0.15) is 5.75 Å². The van der Waals surface area contributed by atoms with E-state index in [2.05, 4.69) is 17.6 Å². The second kappa shape index (κ2) is 10.4. The Morgan fingerprint density at radius 3 is 2.15 bits per heavy atom. The van der Waals surface area contributed by atoms with Crippen molar-refractivity contribution >= 4 is 17.5 Å². The standard InChI is InChI=1S/C22H28N2O3/c1-4-5-6-17-7-11-19(12-8-17)24-22(26)21(25)23-15-18-9-13-20(14-10-18)27-16(2)3/h7-14,16H,4-6,15H2,1-3H3,(H,23,25)(H,24,26). The molecule has 0 unspecified atom stereocenters. The van der Waals surface area contributed by atoms with Gasteiger partial charge >= 0.3 is 11.8 Å². The van der Waals surface area contributed by atoms with Gasteiger partial charge in [0.05, 0.1) is 6.10 Å². The minimum absolute atomic E-state index is 0.111. The van der Waals surface area contributed by atoms with Gasteiger partial charge in [-0.15, -0.1) is 0 Å². The second-order valence-corrected chi connectivity index (χ2v) is 6.75. The Labute approximate surface area is 161 Å². The molecule has 0 saturated carbocycles. The topological polar surface area (TPSA) is 67.4 Å². The normalized spacial score (nSPS) is 10.5. The minimum Gasteiger partial charge on any atom is -0.491 e. The Bertz CT molecular complexity index is 737. The predicted molar refractivity (Wildman–Crippen MR) is 108 cm³/mol. The molecule has 2 aromatic rings. The van der Waals surface area contributed by atoms with Gasteiger partial charge in [-0.05, 0) is 62.1 Å². The monoisotopic (exact) mass is 368 g/mol. The maximum atomic E-state index is 12.0. The molecule has 0 spiro atoms. The van der Waals surface area contributed by atoms with Gasteiger partial charge in [-0.25, -0.2) is 0 Å². The summed E-state index contributed by atoms with van der Waals surface area (Å²) in [6.07, 6.45) is 3.41. The highest BCUT2D eigenvalue weighted by Crippen LogP contribution is 2.14. The molecule has 2 N–H and O–H groups in total. The number of nitrogens with one attached hydrogen (secondary N) is 2. The van der Waals surface area contributed by atoms with Crippen LogP contribution in [0.3, 0.4) is 0 Å². The molecule has 5 heteroatoms. The van der Waals surface area contributed by atoms with E-state index in [9.17, 15) is 9.59 Å². The Morgan fingerprint density at radius 2 is 1.56 bits per heavy atom. The first-order chi connectivity index (χ1) is 13.0. The van der Waals surface area contributed by atoms with Crippen molar-refractivity contribution in [3.05, 3.63) is 59.7 Å². The van der Waals surface area contributed by atoms with Crippen LogP contribution in [0.5, 0.6) is 5.75 Å². The van der Waals surface area contributed by atoms with Crippen molar-refractivity contribution in [2.75, 3.05) is 5.32 Å². The zero-order valence-corrected chi connectivity index (χ0v) is 16.2. The number of anilines is 1. The molecule has 0 bridgehead atoms. The lowest BCUT2D eigenvalue weighted by Crippen LogP contribution is -2.34. The molecule has 2 amide bonds. The molecule has 0 atom stereocenters. The van der Waals surface area contributed by atoms with Gasteiger partial charge in [0.25, 0.3) is 0 Å². The van der Waals surface area contributed by atoms with E-state index in [4.69, 9.17) is 4.74 Å². The first-order valence-corrected chi connectivity index (χ1v) is 9.41. The number of carbonyl (C=O) groups excluding carboxylic acids is 2. The molecular formula is C22H28N2O3. The fraction of sp³-hybridized carbons (Fsp3) is 0.364. The zero-order chi connectivity index (χ0) is 19.6. The average molecular weight is 368 g/mol. The third-order valence-electron chi connectivity index (χ3n) is 3.99. The lowest BCUT2D eigenvalue weighted by molar-refractivity contribution is -0.136. The summed E-state index contributed by atoms with van der Waals surface area (Å²) in [7, 11) is 0. The Morgan fingerprint density at radius 1 is 0.926 bits per heavy atom. The largest absolute Gasteiger partial charge is 0.491 e. The van der Waals surface area contributed by atoms with Crippen molar-refractivity contribution in [1.82, 2.24) is 5.32 Å². The smallest absolute Gasteiger partial charge is 0.313 e. The van der Waals surface area contributed by atoms with Crippen LogP contribution in [0.1, 0.15) is 44.7 Å². The number of unbranched alkanes of at least 4 members (excludes halogenated alkanes) is 1. The van der Waals surface area contributed by atoms with Crippen LogP contribution >= 0.6 is 0 Å². The predicted octanol–water partition coefficient (Wildman–Crippen LogP) is 4.07. The van der Waals surface area contributed by atoms with Crippen LogP contribution in [0, 0.1) is 0 Å². The van der Waals surface area contributed by atoms with Gasteiger partial charge in [0.15, 0.2) is 0 Å². The number of hydrogen-bond acceptors (Lipinski definition) is 3. The van der Waals surface area contributed by atoms with Gasteiger partial charge in [-0.1, -0.05) is 37.6 Å². The van der Waals surface area contributed by atoms with E-state index in [-0.39, 0.29) is 12.6 Å². The van der Waals surface area contributed by atoms with Crippen LogP contribution in [0.2, 0.25) is 0 Å². The molecule has 5 nitrogen and oxygen atoms in total. The number of amides is 2. The Kier molecular flexibility index (Phi) is 7.86. The van der Waals surface area contributed by atoms with E-state index in [0.717, 1.165) is 30.6 Å². The molecule has 27 heavy (non-hydrogen) atoms. The van der Waals surface area contributed by atoms with Gasteiger partial charge in [0.2, 0.25) is 0 Å². The van der Waals surface area contributed by atoms with Gasteiger partial charge < -0.3 is 15.4 Å². The third kappa shape index (κ3) is 7.13. The van der Waals surface area contributed by atoms with Crippen LogP contribution in [-0.4, -0.2) is 17.9 Å². The highest BCUT2D eigenvalue weighted by Gasteiger charge is 2.13. The number of carbonyl (C=O) groups is 2. The maximum absolute atomic E-state index is 12.0. The number of ether oxygens (including phenoxy) is 1. The number of aryl methyl sites for hydroxylation is 1. The lowest BCUT2D eigenvalue weighted by atomic mass is 10.1. The van der Waals surface area contributed by atoms with Gasteiger partial charge in [0, 0.05) is 12.2 Å². The minimum atomic E-state index is -0.670. The molecule has 144 valence electrons. The van der Waals surface area contributed by atoms with E-state index in [0.29, 0.717) is 5.69 Å². The van der Waals surface area contributed by atoms with Crippen molar-refractivity contribution in [3.8, 4) is 5.75 Å². The summed E-state index contributed by atoms with van der Waals surface area (Å²) < 4.78 is 5.58. The average Bonchev–Trinajstić information content (AvgIpc) is 2.66. The molecule has 0 aliphatic rings. The van der Waals surface area contributed by atoms with E-state index in [1.807, 2.05) is 62.4 Å². The first-order valence-electron chi connectivity index (χ1n) is 9.41. The summed E-state index contributed by atoms with van der Waals surface area (Å²) in [6.45, 7) is 6.36. The summed E-state index contributed by atoms with van der Waals surface area (Å²) in [4.78, 5) is 24.0. The highest BCUT2D eigenvalue weighted by molar-refractivity contribution is 6.39. The molecule has 0 saturated heterocycles. The van der Waals surface area contributed by atoms with Crippen LogP contribution in [0.25, 0.3) is 0 Å². The Hall–Kier alpha value is -2.82. The summed E-state index contributed by atoms with van der Waals surface area (Å²) in [5, 5.41) is 5.25. The number of hydrogen-bond donors (Lipinski definition) is 2. The molecule has 2 aromatic carbocycles. The molecule has 0 aliphatic heterocycles. The fourth-order valence-electron chi connectivity index (χ4n) is 2.54. The summed E-state index contributed by atoms with van der Waals surface area (Å²) in [6, 6.07) is 15.0. The van der Waals surface area contributed by atoms with E-state index in [1.54, 1.807) is 0 Å². The molecule has 0 heterocycles. The van der Waals surface area contributed by atoms with Crippen LogP contribution < -0.4 is 15.4 Å². The fourth-order valence-corrected chi connectivity index (χ4v) is 2.54. The zero-order valence-electron chi connectivity index (χ0n) is 16.2. The second-order valence-electron chi connectivity index (χ2n) is 6.75. The summed E-state index contributed by atoms with van der Waals surface area (Å²) in [5.74, 6) is -0.552. The van der Waals surface area contributed by atoms with Crippen molar-refractivity contribution in [2.24, 2.45) is 0 Å². The van der Waals surface area contributed by atoms with Crippen LogP contribution in [0.4, 0.5) is 5.69 Å². The van der Waals surface area contributed by atoms with E-state index >= 15 is 0 Å². The van der Waals surface area contributed by atoms with Crippen LogP contribution in [-0.2, 0) is 22.6 Å². The SMILES string of the molecule is CCCCc1ccc(NC(=O)C(=O)NCc2ccc(OC(C)C)cc2)cc1. The molecule has 2 rings (SSSR count). The number of rotatable bonds is 8. The quantitative estimate of drug-likeness (QED) is 0.690. The summed E-state index contributed by atoms with van der Waals surface area (Å²) in [5.41, 5.74) is 2.74. The van der Waals surface area contributed by atoms with Gasteiger partial charge in [-0.3, -0.25) is 9.59 Å². The molecule has 0 aliphatic carbocycles. The molecular weight excluding hydrogens is 340 g/mol.